The standard InChI is InChI=1S/C16H19N5O3/c22-15(12-21-10-13(9-18-21)16(23)24)20-7-5-19(6-8-20)11-14-3-1-2-4-17-14/h1-4,9-10H,5-8,11-12H2,(H,23,24). The van der Waals surface area contributed by atoms with Crippen molar-refractivity contribution in [2.24, 2.45) is 0 Å². The minimum Gasteiger partial charge on any atom is -0.478 e. The van der Waals surface area contributed by atoms with Crippen LogP contribution >= 0.6 is 0 Å². The van der Waals surface area contributed by atoms with Gasteiger partial charge in [0.05, 0.1) is 17.5 Å². The van der Waals surface area contributed by atoms with E-state index in [4.69, 9.17) is 5.11 Å². The van der Waals surface area contributed by atoms with E-state index in [1.54, 1.807) is 11.1 Å². The van der Waals surface area contributed by atoms with Crippen LogP contribution in [0.4, 0.5) is 0 Å². The second kappa shape index (κ2) is 7.22. The van der Waals surface area contributed by atoms with Gasteiger partial charge in [-0.2, -0.15) is 5.10 Å². The fraction of sp³-hybridized carbons (Fsp3) is 0.375. The van der Waals surface area contributed by atoms with Crippen molar-refractivity contribution < 1.29 is 14.7 Å². The van der Waals surface area contributed by atoms with Gasteiger partial charge in [0.2, 0.25) is 5.91 Å². The summed E-state index contributed by atoms with van der Waals surface area (Å²) < 4.78 is 1.37. The van der Waals surface area contributed by atoms with Crippen molar-refractivity contribution >= 4 is 11.9 Å². The lowest BCUT2D eigenvalue weighted by atomic mass is 10.2. The Bertz CT molecular complexity index is 708. The number of hydrogen-bond acceptors (Lipinski definition) is 5. The summed E-state index contributed by atoms with van der Waals surface area (Å²) in [6.07, 6.45) is 4.41. The van der Waals surface area contributed by atoms with Gasteiger partial charge in [-0.1, -0.05) is 6.07 Å². The number of carboxylic acid groups (broad SMARTS) is 1. The molecule has 2 aromatic rings. The Morgan fingerprint density at radius 3 is 2.58 bits per heavy atom. The van der Waals surface area contributed by atoms with Crippen molar-refractivity contribution in [1.29, 1.82) is 0 Å². The van der Waals surface area contributed by atoms with Crippen molar-refractivity contribution in [1.82, 2.24) is 24.6 Å². The molecule has 0 bridgehead atoms. The van der Waals surface area contributed by atoms with E-state index in [9.17, 15) is 9.59 Å². The van der Waals surface area contributed by atoms with Crippen molar-refractivity contribution in [3.05, 3.63) is 48.0 Å². The van der Waals surface area contributed by atoms with Crippen molar-refractivity contribution in [2.45, 2.75) is 13.1 Å². The molecule has 0 spiro atoms. The van der Waals surface area contributed by atoms with E-state index in [1.165, 1.54) is 17.1 Å². The van der Waals surface area contributed by atoms with E-state index in [1.807, 2.05) is 18.2 Å². The normalized spacial score (nSPS) is 15.4. The Labute approximate surface area is 139 Å². The molecular formula is C16H19N5O3. The SMILES string of the molecule is O=C(O)c1cnn(CC(=O)N2CCN(Cc3ccccn3)CC2)c1. The van der Waals surface area contributed by atoms with E-state index in [0.717, 1.165) is 25.3 Å². The van der Waals surface area contributed by atoms with Gasteiger partial charge in [-0.05, 0) is 12.1 Å². The summed E-state index contributed by atoms with van der Waals surface area (Å²) in [6.45, 7) is 3.73. The summed E-state index contributed by atoms with van der Waals surface area (Å²) in [6, 6.07) is 5.86. The molecule has 3 rings (SSSR count). The molecule has 8 nitrogen and oxygen atoms in total. The topological polar surface area (TPSA) is 91.6 Å². The fourth-order valence-electron chi connectivity index (χ4n) is 2.68. The zero-order valence-corrected chi connectivity index (χ0v) is 13.2. The van der Waals surface area contributed by atoms with Crippen LogP contribution in [0.15, 0.2) is 36.8 Å². The number of rotatable bonds is 5. The van der Waals surface area contributed by atoms with Crippen LogP contribution in [0.2, 0.25) is 0 Å². The van der Waals surface area contributed by atoms with Crippen molar-refractivity contribution in [3.8, 4) is 0 Å². The molecule has 8 heteroatoms. The highest BCUT2D eigenvalue weighted by atomic mass is 16.4. The molecular weight excluding hydrogens is 310 g/mol. The average molecular weight is 329 g/mol. The van der Waals surface area contributed by atoms with E-state index in [-0.39, 0.29) is 18.0 Å². The van der Waals surface area contributed by atoms with E-state index < -0.39 is 5.97 Å². The molecule has 126 valence electrons. The lowest BCUT2D eigenvalue weighted by Crippen LogP contribution is -2.49. The van der Waals surface area contributed by atoms with Crippen molar-refractivity contribution in [2.75, 3.05) is 26.2 Å². The van der Waals surface area contributed by atoms with Crippen LogP contribution in [-0.4, -0.2) is 67.7 Å². The molecule has 1 N–H and O–H groups in total. The van der Waals surface area contributed by atoms with Gasteiger partial charge in [0.15, 0.2) is 0 Å². The van der Waals surface area contributed by atoms with Gasteiger partial charge in [-0.25, -0.2) is 4.79 Å². The van der Waals surface area contributed by atoms with E-state index >= 15 is 0 Å². The molecule has 1 saturated heterocycles. The maximum Gasteiger partial charge on any atom is 0.338 e. The molecule has 1 amide bonds. The summed E-state index contributed by atoms with van der Waals surface area (Å²) in [5.41, 5.74) is 1.11. The summed E-state index contributed by atoms with van der Waals surface area (Å²) >= 11 is 0. The molecule has 2 aromatic heterocycles. The number of aromatic nitrogens is 3. The smallest absolute Gasteiger partial charge is 0.338 e. The number of hydrogen-bond donors (Lipinski definition) is 1. The Hall–Kier alpha value is -2.74. The van der Waals surface area contributed by atoms with Gasteiger partial charge in [0.1, 0.15) is 6.54 Å². The number of piperazine rings is 1. The fourth-order valence-corrected chi connectivity index (χ4v) is 2.68. The first-order valence-electron chi connectivity index (χ1n) is 7.77. The van der Waals surface area contributed by atoms with Gasteiger partial charge < -0.3 is 10.0 Å². The highest BCUT2D eigenvalue weighted by Gasteiger charge is 2.22. The monoisotopic (exact) mass is 329 g/mol. The predicted molar refractivity (Wildman–Crippen MR) is 85.3 cm³/mol. The summed E-state index contributed by atoms with van der Waals surface area (Å²) in [7, 11) is 0. The molecule has 0 saturated carbocycles. The molecule has 0 atom stereocenters. The van der Waals surface area contributed by atoms with Crippen LogP contribution in [0.3, 0.4) is 0 Å². The number of nitrogens with zero attached hydrogens (tertiary/aromatic N) is 5. The number of carbonyl (C=O) groups is 2. The highest BCUT2D eigenvalue weighted by Crippen LogP contribution is 2.08. The predicted octanol–water partition coefficient (Wildman–Crippen LogP) is 0.321. The third-order valence-corrected chi connectivity index (χ3v) is 4.01. The summed E-state index contributed by atoms with van der Waals surface area (Å²) in [5, 5.41) is 12.8. The lowest BCUT2D eigenvalue weighted by molar-refractivity contribution is -0.133. The number of aromatic carboxylic acids is 1. The van der Waals surface area contributed by atoms with E-state index in [2.05, 4.69) is 15.0 Å². The molecule has 0 unspecified atom stereocenters. The van der Waals surface area contributed by atoms with Gasteiger partial charge in [0.25, 0.3) is 0 Å². The van der Waals surface area contributed by atoms with Gasteiger partial charge in [0, 0.05) is 45.1 Å². The van der Waals surface area contributed by atoms with Crippen molar-refractivity contribution in [3.63, 3.8) is 0 Å². The molecule has 1 aliphatic rings. The molecule has 24 heavy (non-hydrogen) atoms. The lowest BCUT2D eigenvalue weighted by Gasteiger charge is -2.34. The number of pyridine rings is 1. The second-order valence-electron chi connectivity index (χ2n) is 5.71. The summed E-state index contributed by atoms with van der Waals surface area (Å²) in [4.78, 5) is 31.5. The largest absolute Gasteiger partial charge is 0.478 e. The van der Waals surface area contributed by atoms with Crippen LogP contribution in [-0.2, 0) is 17.9 Å². The maximum absolute atomic E-state index is 12.3. The van der Waals surface area contributed by atoms with Gasteiger partial charge in [-0.15, -0.1) is 0 Å². The van der Waals surface area contributed by atoms with Crippen LogP contribution in [0.25, 0.3) is 0 Å². The molecule has 1 aliphatic heterocycles. The Kier molecular flexibility index (Phi) is 4.85. The number of carbonyl (C=O) groups excluding carboxylic acids is 1. The highest BCUT2D eigenvalue weighted by molar-refractivity contribution is 5.87. The molecule has 0 aliphatic carbocycles. The molecule has 0 radical (unpaired) electrons. The second-order valence-corrected chi connectivity index (χ2v) is 5.71. The maximum atomic E-state index is 12.3. The Balaban J connectivity index is 1.48. The van der Waals surface area contributed by atoms with Crippen LogP contribution in [0.5, 0.6) is 0 Å². The first kappa shape index (κ1) is 16.1. The van der Waals surface area contributed by atoms with E-state index in [0.29, 0.717) is 13.1 Å². The molecule has 3 heterocycles. The minimum atomic E-state index is -1.04. The summed E-state index contributed by atoms with van der Waals surface area (Å²) in [5.74, 6) is -1.09. The minimum absolute atomic E-state index is 0.0486. The third kappa shape index (κ3) is 3.96. The zero-order valence-electron chi connectivity index (χ0n) is 13.2. The molecule has 0 aromatic carbocycles. The number of amides is 1. The van der Waals surface area contributed by atoms with Crippen LogP contribution in [0.1, 0.15) is 16.1 Å². The molecule has 1 fully saturated rings. The first-order chi connectivity index (χ1) is 11.6. The van der Waals surface area contributed by atoms with Gasteiger partial charge >= 0.3 is 5.97 Å². The van der Waals surface area contributed by atoms with Crippen LogP contribution < -0.4 is 0 Å². The first-order valence-corrected chi connectivity index (χ1v) is 7.77. The quantitative estimate of drug-likeness (QED) is 0.849. The van der Waals surface area contributed by atoms with Gasteiger partial charge in [-0.3, -0.25) is 19.4 Å². The zero-order chi connectivity index (χ0) is 16.9. The number of carboxylic acids is 1. The third-order valence-electron chi connectivity index (χ3n) is 4.01. The average Bonchev–Trinajstić information content (AvgIpc) is 3.05. The Morgan fingerprint density at radius 2 is 1.96 bits per heavy atom. The Morgan fingerprint density at radius 1 is 1.17 bits per heavy atom. The van der Waals surface area contributed by atoms with Crippen LogP contribution in [0, 0.1) is 0 Å².